The summed E-state index contributed by atoms with van der Waals surface area (Å²) >= 11 is 0. The molecule has 6 heteroatoms. The van der Waals surface area contributed by atoms with Crippen LogP contribution >= 0.6 is 0 Å². The molecule has 5 nitrogen and oxygen atoms in total. The van der Waals surface area contributed by atoms with E-state index in [9.17, 15) is 8.42 Å². The van der Waals surface area contributed by atoms with Crippen molar-refractivity contribution >= 4 is 21.4 Å². The smallest absolute Gasteiger partial charge is 0.243 e. The van der Waals surface area contributed by atoms with Gasteiger partial charge in [-0.05, 0) is 43.5 Å². The van der Waals surface area contributed by atoms with E-state index >= 15 is 0 Å². The minimum absolute atomic E-state index is 0.0674. The molecular formula is C21H29N3O2S. The third-order valence-corrected chi connectivity index (χ3v) is 6.97. The first kappa shape index (κ1) is 19.7. The topological polar surface area (TPSA) is 52.7 Å². The van der Waals surface area contributed by atoms with Crippen molar-refractivity contribution < 1.29 is 8.42 Å². The molecule has 0 spiro atoms. The zero-order chi connectivity index (χ0) is 19.4. The van der Waals surface area contributed by atoms with Crippen molar-refractivity contribution in [1.29, 1.82) is 0 Å². The van der Waals surface area contributed by atoms with Crippen molar-refractivity contribution in [3.8, 4) is 0 Å². The molecule has 1 heterocycles. The molecule has 1 aliphatic rings. The van der Waals surface area contributed by atoms with Crippen LogP contribution in [-0.2, 0) is 10.0 Å². The predicted molar refractivity (Wildman–Crippen MR) is 112 cm³/mol. The normalized spacial score (nSPS) is 16.7. The SMILES string of the molecule is C[C@@H](Nc1cc(S(=O)(=O)N2CCCCC2)ccc1N(C)C)c1ccccc1. The summed E-state index contributed by atoms with van der Waals surface area (Å²) in [4.78, 5) is 2.36. The molecule has 0 unspecified atom stereocenters. The number of hydrogen-bond donors (Lipinski definition) is 1. The number of rotatable bonds is 6. The molecule has 2 aromatic rings. The van der Waals surface area contributed by atoms with E-state index in [1.54, 1.807) is 16.4 Å². The number of piperidine rings is 1. The maximum absolute atomic E-state index is 13.1. The molecule has 1 saturated heterocycles. The fourth-order valence-corrected chi connectivity index (χ4v) is 5.04. The zero-order valence-corrected chi connectivity index (χ0v) is 17.2. The van der Waals surface area contributed by atoms with E-state index < -0.39 is 10.0 Å². The van der Waals surface area contributed by atoms with Gasteiger partial charge in [0.15, 0.2) is 0 Å². The molecular weight excluding hydrogens is 358 g/mol. The second kappa shape index (κ2) is 8.31. The van der Waals surface area contributed by atoms with Gasteiger partial charge in [-0.2, -0.15) is 4.31 Å². The molecule has 0 saturated carbocycles. The summed E-state index contributed by atoms with van der Waals surface area (Å²) in [5.41, 5.74) is 2.95. The molecule has 1 aliphatic heterocycles. The van der Waals surface area contributed by atoms with Gasteiger partial charge in [0, 0.05) is 33.2 Å². The van der Waals surface area contributed by atoms with Gasteiger partial charge < -0.3 is 10.2 Å². The number of sulfonamides is 1. The van der Waals surface area contributed by atoms with Crippen molar-refractivity contribution in [2.45, 2.75) is 37.1 Å². The summed E-state index contributed by atoms with van der Waals surface area (Å²) in [7, 11) is 0.477. The van der Waals surface area contributed by atoms with Gasteiger partial charge in [-0.15, -0.1) is 0 Å². The highest BCUT2D eigenvalue weighted by molar-refractivity contribution is 7.89. The lowest BCUT2D eigenvalue weighted by atomic mass is 10.1. The molecule has 0 aliphatic carbocycles. The van der Waals surface area contributed by atoms with E-state index in [-0.39, 0.29) is 6.04 Å². The lowest BCUT2D eigenvalue weighted by Crippen LogP contribution is -2.35. The number of hydrogen-bond acceptors (Lipinski definition) is 4. The van der Waals surface area contributed by atoms with Crippen LogP contribution in [0.5, 0.6) is 0 Å². The van der Waals surface area contributed by atoms with Crippen LogP contribution in [0.25, 0.3) is 0 Å². The fourth-order valence-electron chi connectivity index (χ4n) is 3.49. The van der Waals surface area contributed by atoms with Crippen LogP contribution < -0.4 is 10.2 Å². The van der Waals surface area contributed by atoms with E-state index in [1.165, 1.54) is 0 Å². The molecule has 1 fully saturated rings. The lowest BCUT2D eigenvalue weighted by molar-refractivity contribution is 0.346. The molecule has 0 bridgehead atoms. The summed E-state index contributed by atoms with van der Waals surface area (Å²) in [5.74, 6) is 0. The van der Waals surface area contributed by atoms with Crippen LogP contribution in [0, 0.1) is 0 Å². The quantitative estimate of drug-likeness (QED) is 0.811. The van der Waals surface area contributed by atoms with Crippen molar-refractivity contribution in [3.63, 3.8) is 0 Å². The van der Waals surface area contributed by atoms with Crippen LogP contribution in [0.15, 0.2) is 53.4 Å². The first-order chi connectivity index (χ1) is 12.9. The van der Waals surface area contributed by atoms with Gasteiger partial charge in [0.2, 0.25) is 10.0 Å². The van der Waals surface area contributed by atoms with Crippen molar-refractivity contribution in [2.75, 3.05) is 37.4 Å². The third-order valence-electron chi connectivity index (χ3n) is 5.07. The Morgan fingerprint density at radius 2 is 1.67 bits per heavy atom. The Hall–Kier alpha value is -2.05. The number of nitrogens with zero attached hydrogens (tertiary/aromatic N) is 2. The molecule has 0 amide bonds. The van der Waals surface area contributed by atoms with Gasteiger partial charge in [0.1, 0.15) is 0 Å². The Balaban J connectivity index is 1.93. The highest BCUT2D eigenvalue weighted by atomic mass is 32.2. The maximum Gasteiger partial charge on any atom is 0.243 e. The summed E-state index contributed by atoms with van der Waals surface area (Å²) < 4.78 is 27.7. The number of anilines is 2. The Morgan fingerprint density at radius 3 is 2.30 bits per heavy atom. The van der Waals surface area contributed by atoms with Gasteiger partial charge >= 0.3 is 0 Å². The average Bonchev–Trinajstić information content (AvgIpc) is 2.69. The van der Waals surface area contributed by atoms with Gasteiger partial charge in [-0.25, -0.2) is 8.42 Å². The van der Waals surface area contributed by atoms with Crippen molar-refractivity contribution in [1.82, 2.24) is 4.31 Å². The standard InChI is InChI=1S/C21H29N3O2S/c1-17(18-10-6-4-7-11-18)22-20-16-19(12-13-21(20)23(2)3)27(25,26)24-14-8-5-9-15-24/h4,6-7,10-13,16-17,22H,5,8-9,14-15H2,1-3H3/t17-/m1/s1. The second-order valence-corrected chi connectivity index (χ2v) is 9.25. The molecule has 2 aromatic carbocycles. The summed E-state index contributed by atoms with van der Waals surface area (Å²) in [6, 6.07) is 15.6. The van der Waals surface area contributed by atoms with Crippen LogP contribution in [0.2, 0.25) is 0 Å². The average molecular weight is 388 g/mol. The Labute approximate surface area is 163 Å². The highest BCUT2D eigenvalue weighted by Gasteiger charge is 2.27. The first-order valence-electron chi connectivity index (χ1n) is 9.52. The molecule has 0 radical (unpaired) electrons. The molecule has 27 heavy (non-hydrogen) atoms. The molecule has 3 rings (SSSR count). The predicted octanol–water partition coefficient (Wildman–Crippen LogP) is 4.10. The van der Waals surface area contributed by atoms with Gasteiger partial charge in [0.25, 0.3) is 0 Å². The van der Waals surface area contributed by atoms with E-state index in [0.717, 1.165) is 36.2 Å². The molecule has 146 valence electrons. The van der Waals surface area contributed by atoms with Crippen LogP contribution in [-0.4, -0.2) is 39.9 Å². The Bertz CT molecular complexity index is 860. The highest BCUT2D eigenvalue weighted by Crippen LogP contribution is 2.32. The van der Waals surface area contributed by atoms with Gasteiger partial charge in [0.05, 0.1) is 16.3 Å². The van der Waals surface area contributed by atoms with E-state index in [1.807, 2.05) is 43.3 Å². The molecule has 1 atom stereocenters. The van der Waals surface area contributed by atoms with Crippen LogP contribution in [0.3, 0.4) is 0 Å². The zero-order valence-electron chi connectivity index (χ0n) is 16.4. The fraction of sp³-hybridized carbons (Fsp3) is 0.429. The summed E-state index contributed by atoms with van der Waals surface area (Å²) in [6.07, 6.45) is 2.98. The van der Waals surface area contributed by atoms with E-state index in [4.69, 9.17) is 0 Å². The second-order valence-electron chi connectivity index (χ2n) is 7.31. The van der Waals surface area contributed by atoms with E-state index in [2.05, 4.69) is 24.4 Å². The first-order valence-corrected chi connectivity index (χ1v) is 11.0. The van der Waals surface area contributed by atoms with Crippen LogP contribution in [0.4, 0.5) is 11.4 Å². The number of benzene rings is 2. The van der Waals surface area contributed by atoms with Gasteiger partial charge in [-0.3, -0.25) is 0 Å². The monoisotopic (exact) mass is 387 g/mol. The minimum Gasteiger partial charge on any atom is -0.377 e. The van der Waals surface area contributed by atoms with Crippen molar-refractivity contribution in [2.24, 2.45) is 0 Å². The van der Waals surface area contributed by atoms with Gasteiger partial charge in [-0.1, -0.05) is 36.8 Å². The molecule has 0 aromatic heterocycles. The maximum atomic E-state index is 13.1. The lowest BCUT2D eigenvalue weighted by Gasteiger charge is -2.27. The summed E-state index contributed by atoms with van der Waals surface area (Å²) in [5, 5.41) is 3.50. The third kappa shape index (κ3) is 4.45. The largest absolute Gasteiger partial charge is 0.377 e. The Morgan fingerprint density at radius 1 is 1.00 bits per heavy atom. The van der Waals surface area contributed by atoms with Crippen LogP contribution in [0.1, 0.15) is 37.8 Å². The molecule has 1 N–H and O–H groups in total. The van der Waals surface area contributed by atoms with E-state index in [0.29, 0.717) is 18.0 Å². The summed E-state index contributed by atoms with van der Waals surface area (Å²) in [6.45, 7) is 3.31. The van der Waals surface area contributed by atoms with Crippen molar-refractivity contribution in [3.05, 3.63) is 54.1 Å². The minimum atomic E-state index is -3.45. The Kier molecular flexibility index (Phi) is 6.07. The number of nitrogens with one attached hydrogen (secondary N) is 1.